The van der Waals surface area contributed by atoms with E-state index in [4.69, 9.17) is 0 Å². The molecular formula is C36H60. The summed E-state index contributed by atoms with van der Waals surface area (Å²) in [5, 5.41) is 0. The third kappa shape index (κ3) is 4.57. The zero-order chi connectivity index (χ0) is 24.1. The molecule has 0 bridgehead atoms. The van der Waals surface area contributed by atoms with Crippen LogP contribution >= 0.6 is 0 Å². The Bertz CT molecular complexity index is 724. The largest absolute Gasteiger partial charge is 0.0651 e. The maximum atomic E-state index is 2.53. The first-order chi connectivity index (χ1) is 17.8. The maximum absolute atomic E-state index is 2.53. The minimum Gasteiger partial charge on any atom is -0.0651 e. The summed E-state index contributed by atoms with van der Waals surface area (Å²) in [5.41, 5.74) is 0. The first kappa shape index (κ1) is 25.0. The molecule has 0 aromatic carbocycles. The molecule has 0 heteroatoms. The van der Waals surface area contributed by atoms with Gasteiger partial charge < -0.3 is 0 Å². The van der Waals surface area contributed by atoms with Gasteiger partial charge in [-0.05, 0) is 141 Å². The summed E-state index contributed by atoms with van der Waals surface area (Å²) in [5.74, 6) is 14.6. The summed E-state index contributed by atoms with van der Waals surface area (Å²) in [7, 11) is 0. The highest BCUT2D eigenvalue weighted by atomic mass is 14.6. The molecule has 0 saturated heterocycles. The van der Waals surface area contributed by atoms with Gasteiger partial charge in [-0.1, -0.05) is 84.0 Å². The molecule has 0 heterocycles. The van der Waals surface area contributed by atoms with E-state index in [9.17, 15) is 0 Å². The normalized spacial score (nSPS) is 53.4. The zero-order valence-corrected chi connectivity index (χ0v) is 24.1. The van der Waals surface area contributed by atoms with Gasteiger partial charge in [0.25, 0.3) is 0 Å². The van der Waals surface area contributed by atoms with E-state index >= 15 is 0 Å². The molecule has 0 aromatic heterocycles. The predicted octanol–water partition coefficient (Wildman–Crippen LogP) is 10.7. The molecule has 0 spiro atoms. The molecule has 7 rings (SSSR count). The van der Waals surface area contributed by atoms with Gasteiger partial charge >= 0.3 is 0 Å². The molecule has 7 aliphatic carbocycles. The van der Waals surface area contributed by atoms with Crippen LogP contribution in [-0.4, -0.2) is 0 Å². The Hall–Kier alpha value is 0. The van der Waals surface area contributed by atoms with E-state index in [1.807, 2.05) is 0 Å². The van der Waals surface area contributed by atoms with Crippen molar-refractivity contribution in [2.75, 3.05) is 0 Å². The van der Waals surface area contributed by atoms with E-state index in [-0.39, 0.29) is 0 Å². The van der Waals surface area contributed by atoms with Crippen molar-refractivity contribution in [2.24, 2.45) is 76.9 Å². The van der Waals surface area contributed by atoms with E-state index < -0.39 is 0 Å². The minimum atomic E-state index is 1.06. The Balaban J connectivity index is 1.18. The van der Waals surface area contributed by atoms with E-state index in [0.717, 1.165) is 76.9 Å². The van der Waals surface area contributed by atoms with E-state index in [1.54, 1.807) is 135 Å². The molecule has 204 valence electrons. The molecule has 0 N–H and O–H groups in total. The maximum Gasteiger partial charge on any atom is -0.0323 e. The van der Waals surface area contributed by atoms with Gasteiger partial charge in [0.15, 0.2) is 0 Å². The number of hydrogen-bond donors (Lipinski definition) is 0. The van der Waals surface area contributed by atoms with Crippen LogP contribution in [-0.2, 0) is 0 Å². The summed E-state index contributed by atoms with van der Waals surface area (Å²) >= 11 is 0. The Morgan fingerprint density at radius 1 is 0.361 bits per heavy atom. The monoisotopic (exact) mass is 492 g/mol. The molecule has 0 amide bonds. The summed E-state index contributed by atoms with van der Waals surface area (Å²) in [6.45, 7) is 2.53. The van der Waals surface area contributed by atoms with Crippen LogP contribution in [0.4, 0.5) is 0 Å². The van der Waals surface area contributed by atoms with Crippen molar-refractivity contribution >= 4 is 0 Å². The molecule has 7 saturated carbocycles. The van der Waals surface area contributed by atoms with Gasteiger partial charge in [0.05, 0.1) is 0 Å². The van der Waals surface area contributed by atoms with Crippen LogP contribution < -0.4 is 0 Å². The topological polar surface area (TPSA) is 0 Å². The highest BCUT2D eigenvalue weighted by Crippen LogP contribution is 2.64. The smallest absolute Gasteiger partial charge is 0.0323 e. The molecule has 0 aliphatic heterocycles. The van der Waals surface area contributed by atoms with Crippen molar-refractivity contribution in [3.8, 4) is 0 Å². The molecule has 13 unspecified atom stereocenters. The second-order valence-corrected chi connectivity index (χ2v) is 15.9. The number of rotatable bonds is 3. The predicted molar refractivity (Wildman–Crippen MR) is 153 cm³/mol. The van der Waals surface area contributed by atoms with Gasteiger partial charge in [-0.2, -0.15) is 0 Å². The van der Waals surface area contributed by atoms with Crippen LogP contribution in [0.25, 0.3) is 0 Å². The van der Waals surface area contributed by atoms with Gasteiger partial charge in [-0.15, -0.1) is 0 Å². The minimum absolute atomic E-state index is 1.06. The van der Waals surface area contributed by atoms with E-state index in [0.29, 0.717) is 0 Å². The Labute approximate surface area is 224 Å². The van der Waals surface area contributed by atoms with Crippen LogP contribution in [0.2, 0.25) is 0 Å². The van der Waals surface area contributed by atoms with Crippen LogP contribution in [0, 0.1) is 76.9 Å². The van der Waals surface area contributed by atoms with Gasteiger partial charge in [-0.25, -0.2) is 0 Å². The average molecular weight is 493 g/mol. The molecule has 13 atom stereocenters. The van der Waals surface area contributed by atoms with Crippen LogP contribution in [0.1, 0.15) is 148 Å². The van der Waals surface area contributed by atoms with Crippen LogP contribution in [0.5, 0.6) is 0 Å². The van der Waals surface area contributed by atoms with Gasteiger partial charge in [0.2, 0.25) is 0 Å². The Morgan fingerprint density at radius 3 is 1.36 bits per heavy atom. The summed E-state index contributed by atoms with van der Waals surface area (Å²) in [6, 6.07) is 0. The fourth-order valence-electron chi connectivity index (χ4n) is 13.3. The lowest BCUT2D eigenvalue weighted by atomic mass is 9.43. The lowest BCUT2D eigenvalue weighted by Gasteiger charge is -2.62. The fourth-order valence-corrected chi connectivity index (χ4v) is 13.3. The lowest BCUT2D eigenvalue weighted by Crippen LogP contribution is -2.55. The third-order valence-electron chi connectivity index (χ3n) is 14.7. The molecule has 7 fully saturated rings. The number of hydrogen-bond acceptors (Lipinski definition) is 0. The molecule has 36 heavy (non-hydrogen) atoms. The standard InChI is InChI=1S/C36H60/c1-2-24-15-20-33-34(21-24)36(30-19-17-26-10-4-6-12-28(26)23-30)32-14-8-7-13-31(32)35(33)29-18-16-25-9-3-5-11-27(25)22-29/h24-36H,2-23H2,1H3. The van der Waals surface area contributed by atoms with Crippen molar-refractivity contribution in [1.82, 2.24) is 0 Å². The molecule has 7 aliphatic rings. The molecule has 0 nitrogen and oxygen atoms in total. The second kappa shape index (κ2) is 10.9. The quantitative estimate of drug-likeness (QED) is 0.367. The van der Waals surface area contributed by atoms with E-state index in [2.05, 4.69) is 6.92 Å². The summed E-state index contributed by atoms with van der Waals surface area (Å²) < 4.78 is 0. The molecular weight excluding hydrogens is 432 g/mol. The first-order valence-corrected chi connectivity index (χ1v) is 17.8. The third-order valence-corrected chi connectivity index (χ3v) is 14.7. The van der Waals surface area contributed by atoms with Gasteiger partial charge in [-0.3, -0.25) is 0 Å². The Morgan fingerprint density at radius 2 is 0.806 bits per heavy atom. The highest BCUT2D eigenvalue weighted by molar-refractivity contribution is 5.05. The van der Waals surface area contributed by atoms with Crippen LogP contribution in [0.3, 0.4) is 0 Å². The highest BCUT2D eigenvalue weighted by Gasteiger charge is 2.56. The van der Waals surface area contributed by atoms with Gasteiger partial charge in [0, 0.05) is 0 Å². The summed E-state index contributed by atoms with van der Waals surface area (Å²) in [4.78, 5) is 0. The molecule has 0 radical (unpaired) electrons. The summed E-state index contributed by atoms with van der Waals surface area (Å²) in [6.07, 6.45) is 35.2. The second-order valence-electron chi connectivity index (χ2n) is 15.9. The zero-order valence-electron chi connectivity index (χ0n) is 24.1. The van der Waals surface area contributed by atoms with Crippen molar-refractivity contribution in [1.29, 1.82) is 0 Å². The van der Waals surface area contributed by atoms with Gasteiger partial charge in [0.1, 0.15) is 0 Å². The lowest BCUT2D eigenvalue weighted by molar-refractivity contribution is -0.129. The molecule has 0 aromatic rings. The Kier molecular flexibility index (Phi) is 7.55. The van der Waals surface area contributed by atoms with Crippen molar-refractivity contribution < 1.29 is 0 Å². The van der Waals surface area contributed by atoms with Crippen LogP contribution in [0.15, 0.2) is 0 Å². The number of fused-ring (bicyclic) bond motifs is 4. The van der Waals surface area contributed by atoms with Crippen molar-refractivity contribution in [3.05, 3.63) is 0 Å². The van der Waals surface area contributed by atoms with Crippen molar-refractivity contribution in [3.63, 3.8) is 0 Å². The fraction of sp³-hybridized carbons (Fsp3) is 1.00. The first-order valence-electron chi connectivity index (χ1n) is 17.8. The van der Waals surface area contributed by atoms with E-state index in [1.165, 1.54) is 6.42 Å². The average Bonchev–Trinajstić information content (AvgIpc) is 2.95. The SMILES string of the molecule is CCC1CCC2C(C1)C(C1CCC3CCCCC3C1)C1CCCCC1C2C1CCC2CCCCC2C1. The van der Waals surface area contributed by atoms with Crippen molar-refractivity contribution in [2.45, 2.75) is 148 Å².